The number of rotatable bonds is 11. The first-order chi connectivity index (χ1) is 17.4. The molecule has 10 heteroatoms. The third-order valence-electron chi connectivity index (χ3n) is 6.37. The first kappa shape index (κ1) is 28.9. The number of aliphatic imine (C=N–C) groups is 1. The maximum Gasteiger partial charge on any atom is 0.223 e. The summed E-state index contributed by atoms with van der Waals surface area (Å²) in [5.41, 5.74) is 2.47. The molecule has 2 aromatic carbocycles. The van der Waals surface area contributed by atoms with Crippen molar-refractivity contribution < 1.29 is 22.8 Å². The Kier molecular flexibility index (Phi) is 9.55. The summed E-state index contributed by atoms with van der Waals surface area (Å²) < 4.78 is 37.9. The maximum absolute atomic E-state index is 15.3. The number of halogens is 1. The molecular formula is C27H36FN3O4SSi. The molecule has 200 valence electrons. The van der Waals surface area contributed by atoms with E-state index >= 15 is 4.39 Å². The molecule has 0 fully saturated rings. The topological polar surface area (TPSA) is 79.0 Å². The number of aryl methyl sites for hydroxylation is 1. The Labute approximate surface area is 224 Å². The molecule has 37 heavy (non-hydrogen) atoms. The molecule has 7 nitrogen and oxygen atoms in total. The van der Waals surface area contributed by atoms with Crippen molar-refractivity contribution in [2.45, 2.75) is 45.8 Å². The quantitative estimate of drug-likeness (QED) is 0.145. The fraction of sp³-hybridized carbons (Fsp3) is 0.444. The summed E-state index contributed by atoms with van der Waals surface area (Å²) in [6.07, 6.45) is 1.95. The number of ether oxygens (including phenoxy) is 2. The van der Waals surface area contributed by atoms with Gasteiger partial charge in [-0.05, 0) is 54.7 Å². The molecule has 0 radical (unpaired) electrons. The van der Waals surface area contributed by atoms with Crippen molar-refractivity contribution in [3.8, 4) is 22.9 Å². The minimum absolute atomic E-state index is 0.109. The second-order valence-corrected chi connectivity index (χ2v) is 15.8. The standard InChI is InChI=1S/C27H36FN3O4SSi/c1-18-29-26(31-35-18)19-9-11-20(12-10-19)30-23(17-36-6)21-15-24(32-5)25(16-22(21)28)33-13-14-34-37(7,8)27(2,3)4/h9-12,15-16H,13-14,17H2,1-8H3. The lowest BCUT2D eigenvalue weighted by Crippen LogP contribution is -2.41. The van der Waals surface area contributed by atoms with Gasteiger partial charge < -0.3 is 18.4 Å². The van der Waals surface area contributed by atoms with Gasteiger partial charge in [0.15, 0.2) is 19.8 Å². The Morgan fingerprint density at radius 2 is 1.81 bits per heavy atom. The van der Waals surface area contributed by atoms with E-state index in [1.807, 2.05) is 30.5 Å². The van der Waals surface area contributed by atoms with E-state index in [1.54, 1.807) is 31.9 Å². The smallest absolute Gasteiger partial charge is 0.223 e. The van der Waals surface area contributed by atoms with E-state index in [1.165, 1.54) is 6.07 Å². The van der Waals surface area contributed by atoms with Gasteiger partial charge in [-0.2, -0.15) is 16.7 Å². The van der Waals surface area contributed by atoms with Crippen LogP contribution in [0, 0.1) is 12.7 Å². The molecule has 3 rings (SSSR count). The average molecular weight is 546 g/mol. The Morgan fingerprint density at radius 1 is 1.11 bits per heavy atom. The molecule has 3 aromatic rings. The van der Waals surface area contributed by atoms with Crippen molar-refractivity contribution in [3.63, 3.8) is 0 Å². The van der Waals surface area contributed by atoms with E-state index in [0.29, 0.717) is 59.1 Å². The summed E-state index contributed by atoms with van der Waals surface area (Å²) in [5.74, 6) is 1.89. The number of hydrogen-bond donors (Lipinski definition) is 0. The van der Waals surface area contributed by atoms with Crippen molar-refractivity contribution in [2.24, 2.45) is 4.99 Å². The van der Waals surface area contributed by atoms with E-state index in [-0.39, 0.29) is 5.04 Å². The molecule has 0 unspecified atom stereocenters. The van der Waals surface area contributed by atoms with Crippen LogP contribution in [0.15, 0.2) is 45.9 Å². The molecule has 0 amide bonds. The zero-order valence-electron chi connectivity index (χ0n) is 22.8. The third-order valence-corrected chi connectivity index (χ3v) is 11.5. The molecule has 0 spiro atoms. The molecule has 0 aliphatic rings. The highest BCUT2D eigenvalue weighted by Crippen LogP contribution is 2.37. The molecule has 0 aliphatic heterocycles. The number of benzene rings is 2. The second-order valence-electron chi connectivity index (χ2n) is 10.1. The average Bonchev–Trinajstić information content (AvgIpc) is 3.27. The van der Waals surface area contributed by atoms with Crippen LogP contribution in [0.2, 0.25) is 18.1 Å². The van der Waals surface area contributed by atoms with Crippen LogP contribution in [0.5, 0.6) is 11.5 Å². The summed E-state index contributed by atoms with van der Waals surface area (Å²) >= 11 is 1.56. The fourth-order valence-corrected chi connectivity index (χ4v) is 4.78. The zero-order chi connectivity index (χ0) is 27.2. The Hall–Kier alpha value is -2.69. The Morgan fingerprint density at radius 3 is 2.38 bits per heavy atom. The predicted octanol–water partition coefficient (Wildman–Crippen LogP) is 7.08. The predicted molar refractivity (Wildman–Crippen MR) is 151 cm³/mol. The van der Waals surface area contributed by atoms with Crippen LogP contribution in [0.25, 0.3) is 11.4 Å². The van der Waals surface area contributed by atoms with Crippen molar-refractivity contribution >= 4 is 31.5 Å². The maximum atomic E-state index is 15.3. The van der Waals surface area contributed by atoms with Gasteiger partial charge in [-0.1, -0.05) is 25.9 Å². The van der Waals surface area contributed by atoms with E-state index in [0.717, 1.165) is 5.56 Å². The molecule has 0 saturated heterocycles. The van der Waals surface area contributed by atoms with Crippen LogP contribution in [0.1, 0.15) is 32.2 Å². The van der Waals surface area contributed by atoms with Gasteiger partial charge in [0.1, 0.15) is 12.4 Å². The summed E-state index contributed by atoms with van der Waals surface area (Å²) in [4.78, 5) is 8.97. The fourth-order valence-electron chi connectivity index (χ4n) is 3.26. The number of nitrogens with zero attached hydrogens (tertiary/aromatic N) is 3. The van der Waals surface area contributed by atoms with Crippen molar-refractivity contribution in [3.05, 3.63) is 53.7 Å². The summed E-state index contributed by atoms with van der Waals surface area (Å²) in [5, 5.41) is 4.04. The molecule has 0 atom stereocenters. The molecule has 0 N–H and O–H groups in total. The van der Waals surface area contributed by atoms with Crippen LogP contribution in [-0.4, -0.2) is 56.5 Å². The van der Waals surface area contributed by atoms with Crippen LogP contribution in [0.4, 0.5) is 10.1 Å². The lowest BCUT2D eigenvalue weighted by atomic mass is 10.1. The first-order valence-electron chi connectivity index (χ1n) is 12.1. The number of thioether (sulfide) groups is 1. The van der Waals surface area contributed by atoms with Crippen LogP contribution in [0.3, 0.4) is 0 Å². The Bertz CT molecular complexity index is 1220. The third kappa shape index (κ3) is 7.42. The molecule has 1 aromatic heterocycles. The lowest BCUT2D eigenvalue weighted by molar-refractivity contribution is 0.198. The van der Waals surface area contributed by atoms with Gasteiger partial charge in [-0.3, -0.25) is 4.99 Å². The van der Waals surface area contributed by atoms with E-state index in [9.17, 15) is 0 Å². The van der Waals surface area contributed by atoms with Crippen LogP contribution >= 0.6 is 11.8 Å². The molecule has 1 heterocycles. The van der Waals surface area contributed by atoms with E-state index in [4.69, 9.17) is 23.4 Å². The largest absolute Gasteiger partial charge is 0.493 e. The second kappa shape index (κ2) is 12.2. The highest BCUT2D eigenvalue weighted by molar-refractivity contribution is 7.99. The molecule has 0 saturated carbocycles. The van der Waals surface area contributed by atoms with Crippen molar-refractivity contribution in [1.82, 2.24) is 10.1 Å². The molecular weight excluding hydrogens is 509 g/mol. The first-order valence-corrected chi connectivity index (χ1v) is 16.4. The Balaban J connectivity index is 1.79. The molecule has 0 aliphatic carbocycles. The van der Waals surface area contributed by atoms with E-state index < -0.39 is 14.1 Å². The van der Waals surface area contributed by atoms with Gasteiger partial charge in [0.05, 0.1) is 25.1 Å². The van der Waals surface area contributed by atoms with Gasteiger partial charge in [0.2, 0.25) is 11.7 Å². The van der Waals surface area contributed by atoms with Gasteiger partial charge in [-0.15, -0.1) is 0 Å². The highest BCUT2D eigenvalue weighted by atomic mass is 32.2. The monoisotopic (exact) mass is 545 g/mol. The summed E-state index contributed by atoms with van der Waals surface area (Å²) in [7, 11) is -0.342. The number of methoxy groups -OCH3 is 1. The summed E-state index contributed by atoms with van der Waals surface area (Å²) in [6.45, 7) is 13.4. The van der Waals surface area contributed by atoms with Crippen LogP contribution < -0.4 is 9.47 Å². The minimum atomic E-state index is -1.88. The zero-order valence-corrected chi connectivity index (χ0v) is 24.7. The number of aromatic nitrogens is 2. The highest BCUT2D eigenvalue weighted by Gasteiger charge is 2.36. The van der Waals surface area contributed by atoms with Crippen LogP contribution in [-0.2, 0) is 4.43 Å². The van der Waals surface area contributed by atoms with E-state index in [2.05, 4.69) is 44.0 Å². The SMILES string of the molecule is COc1cc(C(CSC)=Nc2ccc(-c3noc(C)n3)cc2)c(F)cc1OCCO[Si](C)(C)C(C)(C)C. The van der Waals surface area contributed by atoms with Gasteiger partial charge in [0.25, 0.3) is 0 Å². The van der Waals surface area contributed by atoms with Gasteiger partial charge in [0, 0.05) is 29.9 Å². The van der Waals surface area contributed by atoms with Gasteiger partial charge >= 0.3 is 0 Å². The number of hydrogen-bond acceptors (Lipinski definition) is 8. The minimum Gasteiger partial charge on any atom is -0.493 e. The van der Waals surface area contributed by atoms with Crippen molar-refractivity contribution in [2.75, 3.05) is 32.3 Å². The van der Waals surface area contributed by atoms with Gasteiger partial charge in [-0.25, -0.2) is 4.39 Å². The normalized spacial score (nSPS) is 12.6. The molecule has 0 bridgehead atoms. The lowest BCUT2D eigenvalue weighted by Gasteiger charge is -2.36. The van der Waals surface area contributed by atoms with Crippen molar-refractivity contribution in [1.29, 1.82) is 0 Å². The summed E-state index contributed by atoms with van der Waals surface area (Å²) in [6, 6.07) is 10.4.